The molecule has 70 valence electrons. The number of hydrogen-bond acceptors (Lipinski definition) is 2. The number of halogens is 3. The maximum Gasteiger partial charge on any atom is 0.472 e. The Balaban J connectivity index is 3.18. The van der Waals surface area contributed by atoms with Crippen LogP contribution in [0, 0.1) is 0 Å². The number of alkyl halides is 3. The maximum atomic E-state index is 11.8. The molecule has 0 atom stereocenters. The summed E-state index contributed by atoms with van der Waals surface area (Å²) >= 11 is 0. The van der Waals surface area contributed by atoms with Crippen LogP contribution in [0.1, 0.15) is 4.79 Å². The number of carbonyl (C=O) groups excluding carboxylic acids is 1. The number of nitrogens with zero attached hydrogens (tertiary/aromatic N) is 1. The van der Waals surface area contributed by atoms with Crippen molar-refractivity contribution in [3.05, 3.63) is 34.7 Å². The molecule has 0 N–H and O–H groups in total. The van der Waals surface area contributed by atoms with Crippen molar-refractivity contribution in [3.63, 3.8) is 0 Å². The lowest BCUT2D eigenvalue weighted by molar-refractivity contribution is -0.0949. The molecule has 0 unspecified atom stereocenters. The van der Waals surface area contributed by atoms with Gasteiger partial charge in [-0.15, -0.1) is 0 Å². The molecule has 1 aromatic heterocycles. The molecule has 0 aliphatic carbocycles. The first-order chi connectivity index (χ1) is 5.93. The van der Waals surface area contributed by atoms with Crippen molar-refractivity contribution in [2.24, 2.45) is 0 Å². The summed E-state index contributed by atoms with van der Waals surface area (Å²) in [5.41, 5.74) is -0.996. The van der Waals surface area contributed by atoms with E-state index in [9.17, 15) is 22.8 Å². The Morgan fingerprint density at radius 2 is 1.92 bits per heavy atom. The molecule has 0 spiro atoms. The zero-order valence-electron chi connectivity index (χ0n) is 6.21. The Hall–Kier alpha value is -1.59. The quantitative estimate of drug-likeness (QED) is 0.614. The summed E-state index contributed by atoms with van der Waals surface area (Å²) in [5.74, 6) is -2.18. The third kappa shape index (κ3) is 1.95. The van der Waals surface area contributed by atoms with E-state index in [2.05, 4.69) is 0 Å². The van der Waals surface area contributed by atoms with E-state index in [-0.39, 0.29) is 4.57 Å². The van der Waals surface area contributed by atoms with Gasteiger partial charge in [-0.3, -0.25) is 9.59 Å². The number of aromatic nitrogens is 1. The van der Waals surface area contributed by atoms with Crippen LogP contribution in [0.4, 0.5) is 13.2 Å². The minimum absolute atomic E-state index is 0.0139. The highest BCUT2D eigenvalue weighted by molar-refractivity contribution is 5.84. The largest absolute Gasteiger partial charge is 0.472 e. The highest BCUT2D eigenvalue weighted by Crippen LogP contribution is 2.16. The zero-order chi connectivity index (χ0) is 10.1. The fourth-order valence-corrected chi connectivity index (χ4v) is 0.732. The van der Waals surface area contributed by atoms with Gasteiger partial charge in [-0.1, -0.05) is 6.07 Å². The molecule has 1 aromatic rings. The summed E-state index contributed by atoms with van der Waals surface area (Å²) in [4.78, 5) is 21.3. The lowest BCUT2D eigenvalue weighted by Gasteiger charge is -2.05. The molecule has 1 heterocycles. The molecule has 0 amide bonds. The SMILES string of the molecule is O=C(n1ccccc1=O)C(F)(F)F. The molecule has 0 aromatic carbocycles. The van der Waals surface area contributed by atoms with Crippen LogP contribution < -0.4 is 5.56 Å². The molecule has 6 heteroatoms. The Morgan fingerprint density at radius 3 is 2.38 bits per heavy atom. The molecule has 0 radical (unpaired) electrons. The van der Waals surface area contributed by atoms with Crippen molar-refractivity contribution in [2.45, 2.75) is 6.18 Å². The first-order valence-corrected chi connectivity index (χ1v) is 3.22. The minimum Gasteiger partial charge on any atom is -0.269 e. The number of rotatable bonds is 0. The number of pyridine rings is 1. The highest BCUT2D eigenvalue weighted by Gasteiger charge is 2.40. The van der Waals surface area contributed by atoms with Gasteiger partial charge in [0, 0.05) is 12.3 Å². The van der Waals surface area contributed by atoms with Crippen LogP contribution in [-0.2, 0) is 0 Å². The molecule has 0 saturated heterocycles. The average Bonchev–Trinajstić information content (AvgIpc) is 2.02. The fraction of sp³-hybridized carbons (Fsp3) is 0.143. The van der Waals surface area contributed by atoms with Crippen molar-refractivity contribution < 1.29 is 18.0 Å². The van der Waals surface area contributed by atoms with Crippen molar-refractivity contribution >= 4 is 5.91 Å². The monoisotopic (exact) mass is 191 g/mol. The van der Waals surface area contributed by atoms with Crippen LogP contribution >= 0.6 is 0 Å². The summed E-state index contributed by atoms with van der Waals surface area (Å²) in [7, 11) is 0. The van der Waals surface area contributed by atoms with E-state index in [0.29, 0.717) is 0 Å². The standard InChI is InChI=1S/C7H4F3NO2/c8-7(9,10)6(13)11-4-2-1-3-5(11)12/h1-4H. The smallest absolute Gasteiger partial charge is 0.269 e. The average molecular weight is 191 g/mol. The van der Waals surface area contributed by atoms with Gasteiger partial charge in [-0.05, 0) is 6.07 Å². The molecule has 13 heavy (non-hydrogen) atoms. The second kappa shape index (κ2) is 3.04. The van der Waals surface area contributed by atoms with Crippen molar-refractivity contribution in [3.8, 4) is 0 Å². The lowest BCUT2D eigenvalue weighted by atomic mass is 10.4. The van der Waals surface area contributed by atoms with Gasteiger partial charge in [0.05, 0.1) is 0 Å². The molecule has 1 rings (SSSR count). The van der Waals surface area contributed by atoms with E-state index >= 15 is 0 Å². The van der Waals surface area contributed by atoms with Crippen LogP contribution in [0.25, 0.3) is 0 Å². The topological polar surface area (TPSA) is 39.1 Å². The molecule has 0 saturated carbocycles. The van der Waals surface area contributed by atoms with Gasteiger partial charge in [0.2, 0.25) is 0 Å². The molecule has 0 aliphatic heterocycles. The van der Waals surface area contributed by atoms with Crippen molar-refractivity contribution in [1.82, 2.24) is 4.57 Å². The van der Waals surface area contributed by atoms with E-state index in [0.717, 1.165) is 12.3 Å². The van der Waals surface area contributed by atoms with Gasteiger partial charge in [0.25, 0.3) is 5.56 Å². The molecule has 3 nitrogen and oxygen atoms in total. The van der Waals surface area contributed by atoms with Gasteiger partial charge in [0.15, 0.2) is 0 Å². The second-order valence-electron chi connectivity index (χ2n) is 2.21. The summed E-state index contributed by atoms with van der Waals surface area (Å²) in [6, 6.07) is 3.30. The first-order valence-electron chi connectivity index (χ1n) is 3.22. The summed E-state index contributed by atoms with van der Waals surface area (Å²) in [6.45, 7) is 0. The van der Waals surface area contributed by atoms with E-state index in [4.69, 9.17) is 0 Å². The van der Waals surface area contributed by atoms with E-state index < -0.39 is 17.6 Å². The van der Waals surface area contributed by atoms with Gasteiger partial charge >= 0.3 is 12.1 Å². The Kier molecular flexibility index (Phi) is 2.22. The van der Waals surface area contributed by atoms with Crippen molar-refractivity contribution in [2.75, 3.05) is 0 Å². The highest BCUT2D eigenvalue weighted by atomic mass is 19.4. The third-order valence-corrected chi connectivity index (χ3v) is 1.28. The summed E-state index contributed by atoms with van der Waals surface area (Å²) in [6.07, 6.45) is -4.25. The van der Waals surface area contributed by atoms with Gasteiger partial charge in [-0.2, -0.15) is 13.2 Å². The molecule has 0 aliphatic rings. The van der Waals surface area contributed by atoms with E-state index in [1.165, 1.54) is 12.1 Å². The molecular formula is C7H4F3NO2. The van der Waals surface area contributed by atoms with Crippen LogP contribution in [0.15, 0.2) is 29.2 Å². The molecular weight excluding hydrogens is 187 g/mol. The van der Waals surface area contributed by atoms with E-state index in [1.54, 1.807) is 0 Å². The van der Waals surface area contributed by atoms with Crippen LogP contribution in [0.5, 0.6) is 0 Å². The normalized spacial score (nSPS) is 11.3. The Bertz CT molecular complexity index is 380. The fourth-order valence-electron chi connectivity index (χ4n) is 0.732. The lowest BCUT2D eigenvalue weighted by Crippen LogP contribution is -2.35. The minimum atomic E-state index is -5.02. The third-order valence-electron chi connectivity index (χ3n) is 1.28. The predicted octanol–water partition coefficient (Wildman–Crippen LogP) is 1.05. The molecule has 0 fully saturated rings. The van der Waals surface area contributed by atoms with E-state index in [1.807, 2.05) is 0 Å². The Morgan fingerprint density at radius 1 is 1.31 bits per heavy atom. The van der Waals surface area contributed by atoms with Gasteiger partial charge < -0.3 is 0 Å². The number of hydrogen-bond donors (Lipinski definition) is 0. The maximum absolute atomic E-state index is 11.8. The zero-order valence-corrected chi connectivity index (χ0v) is 6.21. The van der Waals surface area contributed by atoms with Gasteiger partial charge in [-0.25, -0.2) is 4.57 Å². The molecule has 0 bridgehead atoms. The van der Waals surface area contributed by atoms with Crippen LogP contribution in [-0.4, -0.2) is 16.7 Å². The van der Waals surface area contributed by atoms with Crippen molar-refractivity contribution in [1.29, 1.82) is 0 Å². The first kappa shape index (κ1) is 9.50. The Labute approximate surface area is 70.4 Å². The summed E-state index contributed by atoms with van der Waals surface area (Å²) in [5, 5.41) is 0. The summed E-state index contributed by atoms with van der Waals surface area (Å²) < 4.78 is 35.4. The van der Waals surface area contributed by atoms with Crippen LogP contribution in [0.2, 0.25) is 0 Å². The predicted molar refractivity (Wildman–Crippen MR) is 37.4 cm³/mol. The van der Waals surface area contributed by atoms with Crippen LogP contribution in [0.3, 0.4) is 0 Å². The van der Waals surface area contributed by atoms with Gasteiger partial charge in [0.1, 0.15) is 0 Å². The second-order valence-corrected chi connectivity index (χ2v) is 2.21. The number of carbonyl (C=O) groups is 1.